The Kier molecular flexibility index (Phi) is 4.49. The summed E-state index contributed by atoms with van der Waals surface area (Å²) in [7, 11) is 1.56. The van der Waals surface area contributed by atoms with Crippen LogP contribution in [0.15, 0.2) is 36.4 Å². The topological polar surface area (TPSA) is 64.3 Å². The van der Waals surface area contributed by atoms with Gasteiger partial charge in [-0.25, -0.2) is 0 Å². The van der Waals surface area contributed by atoms with E-state index in [1.807, 2.05) is 25.1 Å². The number of carbonyl (C=O) groups is 1. The predicted molar refractivity (Wildman–Crippen MR) is 89.3 cm³/mol. The van der Waals surface area contributed by atoms with E-state index in [0.29, 0.717) is 17.0 Å². The normalized spacial score (nSPS) is 10.2. The molecule has 0 unspecified atom stereocenters. The number of halogens is 1. The Hall–Kier alpha value is -1.76. The van der Waals surface area contributed by atoms with E-state index >= 15 is 0 Å². The summed E-state index contributed by atoms with van der Waals surface area (Å²) in [5.41, 5.74) is 8.61. The van der Waals surface area contributed by atoms with Crippen LogP contribution in [-0.2, 0) is 0 Å². The third-order valence-electron chi connectivity index (χ3n) is 2.93. The first-order valence-corrected chi connectivity index (χ1v) is 7.10. The monoisotopic (exact) mass is 382 g/mol. The van der Waals surface area contributed by atoms with Gasteiger partial charge in [0.2, 0.25) is 0 Å². The van der Waals surface area contributed by atoms with Gasteiger partial charge in [0.25, 0.3) is 5.91 Å². The second kappa shape index (κ2) is 6.13. The van der Waals surface area contributed by atoms with Crippen molar-refractivity contribution in [1.82, 2.24) is 0 Å². The van der Waals surface area contributed by atoms with Gasteiger partial charge in [-0.2, -0.15) is 0 Å². The smallest absolute Gasteiger partial charge is 0.257 e. The van der Waals surface area contributed by atoms with Gasteiger partial charge >= 0.3 is 0 Å². The number of hydrogen-bond donors (Lipinski definition) is 2. The molecule has 4 nitrogen and oxygen atoms in total. The first-order valence-electron chi connectivity index (χ1n) is 6.02. The number of anilines is 2. The molecule has 0 heterocycles. The number of amides is 1. The number of nitrogens with two attached hydrogens (primary N) is 1. The Labute approximate surface area is 131 Å². The van der Waals surface area contributed by atoms with Gasteiger partial charge in [-0.3, -0.25) is 4.79 Å². The average molecular weight is 382 g/mol. The molecule has 20 heavy (non-hydrogen) atoms. The van der Waals surface area contributed by atoms with Crippen LogP contribution in [0.25, 0.3) is 0 Å². The van der Waals surface area contributed by atoms with E-state index in [-0.39, 0.29) is 5.91 Å². The maximum absolute atomic E-state index is 12.2. The lowest BCUT2D eigenvalue weighted by atomic mass is 10.1. The van der Waals surface area contributed by atoms with Gasteiger partial charge in [0.15, 0.2) is 0 Å². The summed E-state index contributed by atoms with van der Waals surface area (Å²) in [6, 6.07) is 10.8. The Morgan fingerprint density at radius 2 is 2.00 bits per heavy atom. The zero-order chi connectivity index (χ0) is 14.7. The van der Waals surface area contributed by atoms with Crippen LogP contribution in [0.5, 0.6) is 5.75 Å². The molecule has 0 saturated carbocycles. The minimum absolute atomic E-state index is 0.232. The molecule has 2 aromatic rings. The lowest BCUT2D eigenvalue weighted by Gasteiger charge is -2.10. The molecular weight excluding hydrogens is 367 g/mol. The molecule has 104 valence electrons. The fraction of sp³-hybridized carbons (Fsp3) is 0.133. The second-order valence-corrected chi connectivity index (χ2v) is 5.53. The number of hydrogen-bond acceptors (Lipinski definition) is 3. The summed E-state index contributed by atoms with van der Waals surface area (Å²) in [6.07, 6.45) is 0. The van der Waals surface area contributed by atoms with E-state index in [2.05, 4.69) is 27.9 Å². The number of rotatable bonds is 3. The van der Waals surface area contributed by atoms with Crippen molar-refractivity contribution in [1.29, 1.82) is 0 Å². The highest BCUT2D eigenvalue weighted by atomic mass is 127. The standard InChI is InChI=1S/C15H15IN2O2/c1-9-3-4-10(7-13(9)16)18-15(19)12-6-5-11(20-2)8-14(12)17/h3-8H,17H2,1-2H3,(H,18,19). The van der Waals surface area contributed by atoms with Crippen LogP contribution in [0.2, 0.25) is 0 Å². The Morgan fingerprint density at radius 3 is 2.60 bits per heavy atom. The van der Waals surface area contributed by atoms with Crippen LogP contribution in [0.3, 0.4) is 0 Å². The quantitative estimate of drug-likeness (QED) is 0.632. The van der Waals surface area contributed by atoms with Crippen molar-refractivity contribution in [2.45, 2.75) is 6.92 Å². The molecule has 0 aliphatic heterocycles. The van der Waals surface area contributed by atoms with E-state index in [4.69, 9.17) is 10.5 Å². The molecule has 1 amide bonds. The fourth-order valence-electron chi connectivity index (χ4n) is 1.74. The number of nitrogens with one attached hydrogen (secondary N) is 1. The van der Waals surface area contributed by atoms with Crippen molar-refractivity contribution in [3.05, 3.63) is 51.1 Å². The molecule has 0 aliphatic rings. The number of carbonyl (C=O) groups excluding carboxylic acids is 1. The van der Waals surface area contributed by atoms with E-state index in [9.17, 15) is 4.79 Å². The van der Waals surface area contributed by atoms with Crippen LogP contribution >= 0.6 is 22.6 Å². The van der Waals surface area contributed by atoms with Crippen LogP contribution < -0.4 is 15.8 Å². The molecule has 2 rings (SSSR count). The van der Waals surface area contributed by atoms with Crippen molar-refractivity contribution in [2.24, 2.45) is 0 Å². The molecule has 0 fully saturated rings. The second-order valence-electron chi connectivity index (χ2n) is 4.37. The summed E-state index contributed by atoms with van der Waals surface area (Å²) in [5, 5.41) is 2.84. The third kappa shape index (κ3) is 3.22. The SMILES string of the molecule is COc1ccc(C(=O)Nc2ccc(C)c(I)c2)c(N)c1. The summed E-state index contributed by atoms with van der Waals surface area (Å²) in [4.78, 5) is 12.2. The Morgan fingerprint density at radius 1 is 1.25 bits per heavy atom. The van der Waals surface area contributed by atoms with Crippen molar-refractivity contribution in [3.63, 3.8) is 0 Å². The zero-order valence-corrected chi connectivity index (χ0v) is 13.4. The molecule has 5 heteroatoms. The van der Waals surface area contributed by atoms with E-state index < -0.39 is 0 Å². The average Bonchev–Trinajstić information content (AvgIpc) is 2.42. The maximum atomic E-state index is 12.2. The molecular formula is C15H15IN2O2. The van der Waals surface area contributed by atoms with Gasteiger partial charge in [-0.15, -0.1) is 0 Å². The molecule has 2 aromatic carbocycles. The van der Waals surface area contributed by atoms with Crippen LogP contribution in [-0.4, -0.2) is 13.0 Å². The van der Waals surface area contributed by atoms with E-state index in [1.165, 1.54) is 5.56 Å². The van der Waals surface area contributed by atoms with Gasteiger partial charge < -0.3 is 15.8 Å². The first kappa shape index (κ1) is 14.6. The molecule has 0 atom stereocenters. The zero-order valence-electron chi connectivity index (χ0n) is 11.2. The first-order chi connectivity index (χ1) is 9.51. The summed E-state index contributed by atoms with van der Waals surface area (Å²) in [5.74, 6) is 0.397. The number of ether oxygens (including phenoxy) is 1. The number of benzene rings is 2. The molecule has 0 bridgehead atoms. The van der Waals surface area contributed by atoms with Crippen LogP contribution in [0, 0.1) is 10.5 Å². The minimum atomic E-state index is -0.232. The molecule has 3 N–H and O–H groups in total. The maximum Gasteiger partial charge on any atom is 0.257 e. The molecule has 0 saturated heterocycles. The van der Waals surface area contributed by atoms with Crippen molar-refractivity contribution >= 4 is 39.9 Å². The molecule has 0 radical (unpaired) electrons. The molecule has 0 aromatic heterocycles. The highest BCUT2D eigenvalue weighted by molar-refractivity contribution is 14.1. The van der Waals surface area contributed by atoms with Crippen molar-refractivity contribution < 1.29 is 9.53 Å². The summed E-state index contributed by atoms with van der Waals surface area (Å²) in [6.45, 7) is 2.02. The fourth-order valence-corrected chi connectivity index (χ4v) is 2.26. The highest BCUT2D eigenvalue weighted by Crippen LogP contribution is 2.22. The van der Waals surface area contributed by atoms with Gasteiger partial charge in [-0.05, 0) is 59.3 Å². The lowest BCUT2D eigenvalue weighted by molar-refractivity contribution is 0.102. The highest BCUT2D eigenvalue weighted by Gasteiger charge is 2.11. The summed E-state index contributed by atoms with van der Waals surface area (Å²) < 4.78 is 6.16. The molecule has 0 spiro atoms. The van der Waals surface area contributed by atoms with E-state index in [1.54, 1.807) is 25.3 Å². The van der Waals surface area contributed by atoms with Gasteiger partial charge in [0, 0.05) is 21.0 Å². The van der Waals surface area contributed by atoms with Gasteiger partial charge in [0.1, 0.15) is 5.75 Å². The predicted octanol–water partition coefficient (Wildman–Crippen LogP) is 3.44. The van der Waals surface area contributed by atoms with Crippen LogP contribution in [0.4, 0.5) is 11.4 Å². The largest absolute Gasteiger partial charge is 0.497 e. The third-order valence-corrected chi connectivity index (χ3v) is 4.10. The summed E-state index contributed by atoms with van der Waals surface area (Å²) >= 11 is 2.23. The van der Waals surface area contributed by atoms with Gasteiger partial charge in [0.05, 0.1) is 12.7 Å². The van der Waals surface area contributed by atoms with E-state index in [0.717, 1.165) is 9.26 Å². The number of methoxy groups -OCH3 is 1. The minimum Gasteiger partial charge on any atom is -0.497 e. The lowest BCUT2D eigenvalue weighted by Crippen LogP contribution is -2.14. The van der Waals surface area contributed by atoms with Gasteiger partial charge in [-0.1, -0.05) is 6.07 Å². The number of nitrogen functional groups attached to an aromatic ring is 1. The van der Waals surface area contributed by atoms with Crippen molar-refractivity contribution in [2.75, 3.05) is 18.2 Å². The number of aryl methyl sites for hydroxylation is 1. The van der Waals surface area contributed by atoms with Crippen LogP contribution in [0.1, 0.15) is 15.9 Å². The Bertz CT molecular complexity index is 656. The van der Waals surface area contributed by atoms with Crippen molar-refractivity contribution in [3.8, 4) is 5.75 Å². The Balaban J connectivity index is 2.21. The molecule has 0 aliphatic carbocycles.